The van der Waals surface area contributed by atoms with Crippen LogP contribution >= 0.6 is 23.1 Å². The molecule has 0 spiro atoms. The van der Waals surface area contributed by atoms with E-state index in [9.17, 15) is 4.79 Å². The number of carbonyl (C=O) groups is 1. The number of allylic oxidation sites excluding steroid dienone is 2. The molecule has 1 aliphatic rings. The number of nitrogens with zero attached hydrogens (tertiary/aromatic N) is 1. The van der Waals surface area contributed by atoms with Gasteiger partial charge in [0.15, 0.2) is 5.78 Å². The third-order valence-corrected chi connectivity index (χ3v) is 8.10. The Hall–Kier alpha value is -1.26. The van der Waals surface area contributed by atoms with Gasteiger partial charge in [-0.1, -0.05) is 57.7 Å². The smallest absolute Gasteiger partial charge is 0.192 e. The maximum absolute atomic E-state index is 13.2. The molecule has 152 valence electrons. The molecular weight excluding hydrogens is 382 g/mol. The first-order chi connectivity index (χ1) is 13.7. The van der Waals surface area contributed by atoms with Gasteiger partial charge in [0.1, 0.15) is 0 Å². The Morgan fingerprint density at radius 1 is 1.04 bits per heavy atom. The number of unbranched alkanes of at least 4 members (excludes halogenated alkanes) is 4. The van der Waals surface area contributed by atoms with E-state index in [1.54, 1.807) is 16.2 Å². The van der Waals surface area contributed by atoms with E-state index in [4.69, 9.17) is 0 Å². The fourth-order valence-corrected chi connectivity index (χ4v) is 6.30. The lowest BCUT2D eigenvalue weighted by Gasteiger charge is -2.21. The highest BCUT2D eigenvalue weighted by molar-refractivity contribution is 8.03. The van der Waals surface area contributed by atoms with E-state index >= 15 is 0 Å². The molecule has 1 aromatic heterocycles. The van der Waals surface area contributed by atoms with Gasteiger partial charge in [-0.3, -0.25) is 4.79 Å². The van der Waals surface area contributed by atoms with E-state index in [-0.39, 0.29) is 5.78 Å². The first kappa shape index (κ1) is 21.4. The highest BCUT2D eigenvalue weighted by atomic mass is 32.2. The van der Waals surface area contributed by atoms with Crippen LogP contribution in [0.5, 0.6) is 0 Å². The molecule has 1 aromatic carbocycles. The highest BCUT2D eigenvalue weighted by Crippen LogP contribution is 2.39. The van der Waals surface area contributed by atoms with Crippen LogP contribution in [0.2, 0.25) is 0 Å². The van der Waals surface area contributed by atoms with Gasteiger partial charge >= 0.3 is 0 Å². The van der Waals surface area contributed by atoms with Crippen molar-refractivity contribution in [2.75, 3.05) is 12.4 Å². The quantitative estimate of drug-likeness (QED) is 0.276. The predicted molar refractivity (Wildman–Crippen MR) is 125 cm³/mol. The van der Waals surface area contributed by atoms with Crippen LogP contribution in [0.15, 0.2) is 34.9 Å². The number of Topliss-reactive ketones (excluding diaryl/α,β-unsaturated/α-hetero) is 1. The zero-order chi connectivity index (χ0) is 19.9. The van der Waals surface area contributed by atoms with Crippen molar-refractivity contribution >= 4 is 39.0 Å². The molecule has 0 radical (unpaired) electrons. The van der Waals surface area contributed by atoms with Crippen LogP contribution in [-0.2, 0) is 0 Å². The van der Waals surface area contributed by atoms with Crippen molar-refractivity contribution in [3.05, 3.63) is 45.3 Å². The minimum absolute atomic E-state index is 0.280. The Morgan fingerprint density at radius 2 is 1.75 bits per heavy atom. The summed E-state index contributed by atoms with van der Waals surface area (Å²) in [7, 11) is 0. The molecule has 0 bridgehead atoms. The summed E-state index contributed by atoms with van der Waals surface area (Å²) in [5.74, 6) is 1.22. The van der Waals surface area contributed by atoms with E-state index in [1.165, 1.54) is 60.7 Å². The first-order valence-electron chi connectivity index (χ1n) is 10.8. The number of benzene rings is 1. The first-order valence-corrected chi connectivity index (χ1v) is 12.6. The van der Waals surface area contributed by atoms with Crippen molar-refractivity contribution in [2.45, 2.75) is 72.1 Å². The van der Waals surface area contributed by atoms with Gasteiger partial charge in [-0.25, -0.2) is 0 Å². The van der Waals surface area contributed by atoms with E-state index in [0.717, 1.165) is 22.7 Å². The summed E-state index contributed by atoms with van der Waals surface area (Å²) < 4.78 is 1.22. The second-order valence-electron chi connectivity index (χ2n) is 7.73. The minimum Gasteiger partial charge on any atom is -0.357 e. The van der Waals surface area contributed by atoms with Crippen LogP contribution in [0.3, 0.4) is 0 Å². The fraction of sp³-hybridized carbons (Fsp3) is 0.542. The Balaban J connectivity index is 1.74. The lowest BCUT2D eigenvalue weighted by atomic mass is 10.1. The molecule has 0 fully saturated rings. The molecule has 0 atom stereocenters. The molecule has 0 N–H and O–H groups in total. The number of hydrogen-bond acceptors (Lipinski definition) is 4. The minimum atomic E-state index is 0.280. The molecule has 28 heavy (non-hydrogen) atoms. The summed E-state index contributed by atoms with van der Waals surface area (Å²) in [5.41, 5.74) is 2.61. The average Bonchev–Trinajstić information content (AvgIpc) is 3.24. The van der Waals surface area contributed by atoms with Gasteiger partial charge in [-0.05, 0) is 49.6 Å². The third-order valence-electron chi connectivity index (χ3n) is 5.55. The zero-order valence-electron chi connectivity index (χ0n) is 17.6. The zero-order valence-corrected chi connectivity index (χ0v) is 19.2. The van der Waals surface area contributed by atoms with Crippen molar-refractivity contribution < 1.29 is 4.79 Å². The lowest BCUT2D eigenvalue weighted by molar-refractivity contribution is 0.0960. The Kier molecular flexibility index (Phi) is 8.04. The fourth-order valence-electron chi connectivity index (χ4n) is 3.91. The van der Waals surface area contributed by atoms with Gasteiger partial charge < -0.3 is 4.90 Å². The van der Waals surface area contributed by atoms with Gasteiger partial charge in [-0.2, -0.15) is 0 Å². The predicted octanol–water partition coefficient (Wildman–Crippen LogP) is 7.77. The van der Waals surface area contributed by atoms with E-state index < -0.39 is 0 Å². The number of ketones is 1. The molecule has 0 aliphatic carbocycles. The third kappa shape index (κ3) is 5.01. The molecule has 3 rings (SSSR count). The van der Waals surface area contributed by atoms with Gasteiger partial charge in [0.2, 0.25) is 0 Å². The molecule has 2 nitrogen and oxygen atoms in total. The number of carbonyl (C=O) groups excluding carboxylic acids is 1. The number of aryl methyl sites for hydroxylation is 1. The molecule has 4 heteroatoms. The van der Waals surface area contributed by atoms with Crippen molar-refractivity contribution in [3.63, 3.8) is 0 Å². The largest absolute Gasteiger partial charge is 0.357 e. The Labute approximate surface area is 178 Å². The van der Waals surface area contributed by atoms with E-state index in [0.29, 0.717) is 6.54 Å². The summed E-state index contributed by atoms with van der Waals surface area (Å²) in [6.07, 6.45) is 9.89. The summed E-state index contributed by atoms with van der Waals surface area (Å²) in [5, 5.41) is 1.23. The van der Waals surface area contributed by atoms with Crippen LogP contribution in [0, 0.1) is 6.92 Å². The number of hydrogen-bond donors (Lipinski definition) is 0. The van der Waals surface area contributed by atoms with Crippen molar-refractivity contribution in [1.82, 2.24) is 4.90 Å². The number of rotatable bonds is 11. The maximum Gasteiger partial charge on any atom is 0.192 e. The van der Waals surface area contributed by atoms with Gasteiger partial charge in [0, 0.05) is 15.3 Å². The van der Waals surface area contributed by atoms with Crippen LogP contribution in [0.1, 0.15) is 80.4 Å². The molecule has 2 aromatic rings. The van der Waals surface area contributed by atoms with Gasteiger partial charge in [0.05, 0.1) is 17.3 Å². The summed E-state index contributed by atoms with van der Waals surface area (Å²) in [6.45, 7) is 7.14. The number of fused-ring (bicyclic) bond motifs is 1. The van der Waals surface area contributed by atoms with Crippen molar-refractivity contribution in [3.8, 4) is 0 Å². The standard InChI is InChI=1S/C24H33NOS2/c1-4-6-8-13-20-23(15-9-7-5-2)27-17-25(20)16-21(26)24-18(3)19-12-10-11-14-22(19)28-24/h10-12,14H,4-9,13,15-17H2,1-3H3. The van der Waals surface area contributed by atoms with Crippen LogP contribution in [-0.4, -0.2) is 23.1 Å². The molecule has 1 aliphatic heterocycles. The normalized spacial score (nSPS) is 14.5. The summed E-state index contributed by atoms with van der Waals surface area (Å²) >= 11 is 3.63. The lowest BCUT2D eigenvalue weighted by Crippen LogP contribution is -2.26. The van der Waals surface area contributed by atoms with Crippen LogP contribution < -0.4 is 0 Å². The van der Waals surface area contributed by atoms with Crippen LogP contribution in [0.4, 0.5) is 0 Å². The molecule has 0 saturated carbocycles. The van der Waals surface area contributed by atoms with Crippen molar-refractivity contribution in [1.29, 1.82) is 0 Å². The summed E-state index contributed by atoms with van der Waals surface area (Å²) in [6, 6.07) is 8.37. The Bertz CT molecular complexity index is 836. The monoisotopic (exact) mass is 415 g/mol. The Morgan fingerprint density at radius 3 is 2.46 bits per heavy atom. The number of thioether (sulfide) groups is 1. The second kappa shape index (κ2) is 10.5. The molecule has 0 amide bonds. The van der Waals surface area contributed by atoms with Crippen molar-refractivity contribution in [2.24, 2.45) is 0 Å². The topological polar surface area (TPSA) is 20.3 Å². The van der Waals surface area contributed by atoms with Gasteiger partial charge in [-0.15, -0.1) is 23.1 Å². The number of thiophene rings is 1. The van der Waals surface area contributed by atoms with Crippen LogP contribution in [0.25, 0.3) is 10.1 Å². The molecular formula is C24H33NOS2. The molecule has 2 heterocycles. The summed E-state index contributed by atoms with van der Waals surface area (Å²) in [4.78, 5) is 18.0. The van der Waals surface area contributed by atoms with Gasteiger partial charge in [0.25, 0.3) is 0 Å². The van der Waals surface area contributed by atoms with E-state index in [1.807, 2.05) is 11.8 Å². The maximum atomic E-state index is 13.2. The highest BCUT2D eigenvalue weighted by Gasteiger charge is 2.26. The SMILES string of the molecule is CCCCCC1=C(CCCCC)N(CC(=O)c2sc3ccccc3c2C)CS1. The van der Waals surface area contributed by atoms with E-state index in [2.05, 4.69) is 49.9 Å². The molecule has 0 unspecified atom stereocenters. The second-order valence-corrected chi connectivity index (χ2v) is 9.82. The molecule has 0 saturated heterocycles. The average molecular weight is 416 g/mol.